The Labute approximate surface area is 61.9 Å². The molecule has 2 saturated heterocycles. The summed E-state index contributed by atoms with van der Waals surface area (Å²) in [6, 6.07) is 0. The maximum atomic E-state index is 5.39. The zero-order valence-electron chi connectivity index (χ0n) is 6.52. The van der Waals surface area contributed by atoms with Crippen LogP contribution in [0, 0.1) is 11.3 Å². The van der Waals surface area contributed by atoms with Crippen LogP contribution in [0.2, 0.25) is 0 Å². The van der Waals surface area contributed by atoms with E-state index in [-0.39, 0.29) is 0 Å². The van der Waals surface area contributed by atoms with Crippen molar-refractivity contribution in [2.45, 2.75) is 13.3 Å². The lowest BCUT2D eigenvalue weighted by atomic mass is 9.68. The minimum absolute atomic E-state index is 0.623. The molecule has 0 saturated carbocycles. The van der Waals surface area contributed by atoms with E-state index in [1.807, 2.05) is 0 Å². The van der Waals surface area contributed by atoms with Crippen LogP contribution in [0.15, 0.2) is 0 Å². The van der Waals surface area contributed by atoms with Crippen molar-refractivity contribution in [2.24, 2.45) is 11.3 Å². The minimum Gasteiger partial charge on any atom is -0.381 e. The van der Waals surface area contributed by atoms with Gasteiger partial charge in [0.25, 0.3) is 0 Å². The lowest BCUT2D eigenvalue weighted by Crippen LogP contribution is -2.59. The van der Waals surface area contributed by atoms with Gasteiger partial charge < -0.3 is 10.1 Å². The molecular formula is C8H15NO. The van der Waals surface area contributed by atoms with Crippen LogP contribution in [0.25, 0.3) is 0 Å². The van der Waals surface area contributed by atoms with Crippen molar-refractivity contribution in [3.05, 3.63) is 0 Å². The van der Waals surface area contributed by atoms with E-state index in [2.05, 4.69) is 12.2 Å². The summed E-state index contributed by atoms with van der Waals surface area (Å²) in [4.78, 5) is 0. The summed E-state index contributed by atoms with van der Waals surface area (Å²) in [6.07, 6.45) is 1.27. The molecule has 1 N–H and O–H groups in total. The van der Waals surface area contributed by atoms with Crippen molar-refractivity contribution in [1.29, 1.82) is 0 Å². The van der Waals surface area contributed by atoms with Gasteiger partial charge in [0.1, 0.15) is 0 Å². The first-order valence-corrected chi connectivity index (χ1v) is 4.12. The quantitative estimate of drug-likeness (QED) is 0.534. The van der Waals surface area contributed by atoms with Crippen molar-refractivity contribution in [2.75, 3.05) is 26.3 Å². The zero-order chi connectivity index (χ0) is 7.03. The summed E-state index contributed by atoms with van der Waals surface area (Å²) < 4.78 is 5.39. The van der Waals surface area contributed by atoms with Crippen molar-refractivity contribution in [3.63, 3.8) is 0 Å². The fraction of sp³-hybridized carbons (Fsp3) is 1.00. The number of hydrogen-bond donors (Lipinski definition) is 1. The predicted molar refractivity (Wildman–Crippen MR) is 39.9 cm³/mol. The fourth-order valence-electron chi connectivity index (χ4n) is 1.93. The number of ether oxygens (including phenoxy) is 1. The summed E-state index contributed by atoms with van der Waals surface area (Å²) in [6.45, 7) is 6.70. The monoisotopic (exact) mass is 141 g/mol. The standard InChI is InChI=1S/C8H15NO/c1-7-4-10-3-2-8(7)5-9-6-8/h7,9H,2-6H2,1H3/t7-/m1/s1. The first-order chi connectivity index (χ1) is 4.83. The Morgan fingerprint density at radius 1 is 1.50 bits per heavy atom. The topological polar surface area (TPSA) is 21.3 Å². The van der Waals surface area contributed by atoms with Crippen LogP contribution in [-0.4, -0.2) is 26.3 Å². The molecule has 0 aromatic rings. The van der Waals surface area contributed by atoms with E-state index >= 15 is 0 Å². The lowest BCUT2D eigenvalue weighted by molar-refractivity contribution is -0.0610. The summed E-state index contributed by atoms with van der Waals surface area (Å²) >= 11 is 0. The third-order valence-electron chi connectivity index (χ3n) is 3.11. The van der Waals surface area contributed by atoms with E-state index in [4.69, 9.17) is 4.74 Å². The van der Waals surface area contributed by atoms with Gasteiger partial charge in [0.05, 0.1) is 0 Å². The molecule has 0 aromatic carbocycles. The lowest BCUT2D eigenvalue weighted by Gasteiger charge is -2.49. The van der Waals surface area contributed by atoms with E-state index in [0.717, 1.165) is 19.1 Å². The normalized spacial score (nSPS) is 37.5. The number of rotatable bonds is 0. The molecular weight excluding hydrogens is 126 g/mol. The molecule has 0 aromatic heterocycles. The van der Waals surface area contributed by atoms with E-state index in [1.54, 1.807) is 0 Å². The van der Waals surface area contributed by atoms with Gasteiger partial charge in [0.2, 0.25) is 0 Å². The molecule has 2 fully saturated rings. The van der Waals surface area contributed by atoms with Crippen LogP contribution in [0.3, 0.4) is 0 Å². The maximum absolute atomic E-state index is 5.39. The highest BCUT2D eigenvalue weighted by Crippen LogP contribution is 2.38. The molecule has 2 rings (SSSR count). The molecule has 2 heteroatoms. The van der Waals surface area contributed by atoms with E-state index < -0.39 is 0 Å². The second kappa shape index (κ2) is 2.21. The molecule has 58 valence electrons. The van der Waals surface area contributed by atoms with Crippen molar-refractivity contribution >= 4 is 0 Å². The molecule has 2 aliphatic rings. The van der Waals surface area contributed by atoms with Gasteiger partial charge in [-0.15, -0.1) is 0 Å². The molecule has 1 atom stereocenters. The second-order valence-corrected chi connectivity index (χ2v) is 3.69. The highest BCUT2D eigenvalue weighted by Gasteiger charge is 2.43. The van der Waals surface area contributed by atoms with Gasteiger partial charge in [-0.3, -0.25) is 0 Å². The van der Waals surface area contributed by atoms with Crippen LogP contribution in [0.4, 0.5) is 0 Å². The van der Waals surface area contributed by atoms with Crippen LogP contribution in [0.5, 0.6) is 0 Å². The van der Waals surface area contributed by atoms with E-state index in [1.165, 1.54) is 19.5 Å². The van der Waals surface area contributed by atoms with Gasteiger partial charge in [0.15, 0.2) is 0 Å². The zero-order valence-corrected chi connectivity index (χ0v) is 6.52. The third kappa shape index (κ3) is 0.789. The molecule has 0 unspecified atom stereocenters. The SMILES string of the molecule is C[C@@H]1COCCC12CNC2. The van der Waals surface area contributed by atoms with Crippen LogP contribution < -0.4 is 5.32 Å². The van der Waals surface area contributed by atoms with Gasteiger partial charge in [-0.25, -0.2) is 0 Å². The Hall–Kier alpha value is -0.0800. The fourth-order valence-corrected chi connectivity index (χ4v) is 1.93. The predicted octanol–water partition coefficient (Wildman–Crippen LogP) is 0.632. The summed E-state index contributed by atoms with van der Waals surface area (Å²) in [5.41, 5.74) is 0.623. The Balaban J connectivity index is 2.03. The first kappa shape index (κ1) is 6.62. The molecule has 1 spiro atoms. The van der Waals surface area contributed by atoms with Crippen LogP contribution in [0.1, 0.15) is 13.3 Å². The molecule has 0 bridgehead atoms. The van der Waals surface area contributed by atoms with Gasteiger partial charge in [-0.05, 0) is 12.3 Å². The molecule has 0 aliphatic carbocycles. The Bertz CT molecular complexity index is 131. The van der Waals surface area contributed by atoms with E-state index in [0.29, 0.717) is 5.41 Å². The van der Waals surface area contributed by atoms with Gasteiger partial charge in [-0.1, -0.05) is 6.92 Å². The number of hydrogen-bond acceptors (Lipinski definition) is 2. The first-order valence-electron chi connectivity index (χ1n) is 4.12. The molecule has 2 heterocycles. The van der Waals surface area contributed by atoms with Crippen LogP contribution in [-0.2, 0) is 4.74 Å². The Morgan fingerprint density at radius 2 is 2.30 bits per heavy atom. The maximum Gasteiger partial charge on any atom is 0.0497 e. The average molecular weight is 141 g/mol. The summed E-state index contributed by atoms with van der Waals surface area (Å²) in [5, 5.41) is 3.35. The van der Waals surface area contributed by atoms with Crippen LogP contribution >= 0.6 is 0 Å². The number of nitrogens with one attached hydrogen (secondary N) is 1. The molecule has 2 nitrogen and oxygen atoms in total. The smallest absolute Gasteiger partial charge is 0.0497 e. The third-order valence-corrected chi connectivity index (χ3v) is 3.11. The highest BCUT2D eigenvalue weighted by atomic mass is 16.5. The molecule has 0 amide bonds. The summed E-state index contributed by atoms with van der Waals surface area (Å²) in [7, 11) is 0. The average Bonchev–Trinajstić information content (AvgIpc) is 1.85. The van der Waals surface area contributed by atoms with E-state index in [9.17, 15) is 0 Å². The van der Waals surface area contributed by atoms with Gasteiger partial charge in [-0.2, -0.15) is 0 Å². The van der Waals surface area contributed by atoms with Crippen molar-refractivity contribution in [1.82, 2.24) is 5.32 Å². The minimum atomic E-state index is 0.623. The Kier molecular flexibility index (Phi) is 1.46. The summed E-state index contributed by atoms with van der Waals surface area (Å²) in [5.74, 6) is 0.766. The molecule has 10 heavy (non-hydrogen) atoms. The Morgan fingerprint density at radius 3 is 2.70 bits per heavy atom. The van der Waals surface area contributed by atoms with Crippen molar-refractivity contribution < 1.29 is 4.74 Å². The second-order valence-electron chi connectivity index (χ2n) is 3.69. The highest BCUT2D eigenvalue weighted by molar-refractivity contribution is 4.97. The van der Waals surface area contributed by atoms with Crippen molar-refractivity contribution in [3.8, 4) is 0 Å². The molecule has 0 radical (unpaired) electrons. The largest absolute Gasteiger partial charge is 0.381 e. The van der Waals surface area contributed by atoms with Gasteiger partial charge >= 0.3 is 0 Å². The molecule has 2 aliphatic heterocycles. The van der Waals surface area contributed by atoms with Gasteiger partial charge in [0, 0.05) is 31.7 Å².